The van der Waals surface area contributed by atoms with Crippen LogP contribution in [0.4, 0.5) is 0 Å². The maximum Gasteiger partial charge on any atom is -0.00703 e. The molecule has 0 aliphatic carbocycles. The van der Waals surface area contributed by atoms with Crippen molar-refractivity contribution in [3.63, 3.8) is 0 Å². The summed E-state index contributed by atoms with van der Waals surface area (Å²) in [4.78, 5) is 0. The quantitative estimate of drug-likeness (QED) is 0.645. The summed E-state index contributed by atoms with van der Waals surface area (Å²) in [5.41, 5.74) is 5.36. The van der Waals surface area contributed by atoms with E-state index < -0.39 is 0 Å². The van der Waals surface area contributed by atoms with Gasteiger partial charge in [-0.3, -0.25) is 0 Å². The van der Waals surface area contributed by atoms with Crippen LogP contribution in [0.15, 0.2) is 42.5 Å². The first-order valence-corrected chi connectivity index (χ1v) is 7.24. The van der Waals surface area contributed by atoms with Gasteiger partial charge in [-0.05, 0) is 46.6 Å². The van der Waals surface area contributed by atoms with Crippen LogP contribution in [0.25, 0.3) is 11.1 Å². The molecule has 0 aromatic heterocycles. The van der Waals surface area contributed by atoms with Gasteiger partial charge in [0.2, 0.25) is 0 Å². The predicted octanol–water partition coefficient (Wildman–Crippen LogP) is 5.79. The molecular weight excluding hydrogens is 228 g/mol. The van der Waals surface area contributed by atoms with Crippen LogP contribution in [-0.4, -0.2) is 0 Å². The van der Waals surface area contributed by atoms with Gasteiger partial charge in [-0.25, -0.2) is 0 Å². The molecule has 0 heterocycles. The van der Waals surface area contributed by atoms with Crippen molar-refractivity contribution in [2.45, 2.75) is 46.0 Å². The minimum absolute atomic E-state index is 0.565. The molecule has 1 atom stereocenters. The Morgan fingerprint density at radius 2 is 1.84 bits per heavy atom. The summed E-state index contributed by atoms with van der Waals surface area (Å²) in [6.07, 6.45) is 1.16. The van der Waals surface area contributed by atoms with Crippen LogP contribution in [0.2, 0.25) is 0 Å². The highest BCUT2D eigenvalue weighted by Gasteiger charge is 2.11. The van der Waals surface area contributed by atoms with E-state index in [1.807, 2.05) is 6.07 Å². The number of hydrogen-bond acceptors (Lipinski definition) is 0. The summed E-state index contributed by atoms with van der Waals surface area (Å²) in [7, 11) is 0. The number of hydrogen-bond donors (Lipinski definition) is 0. The molecule has 0 amide bonds. The summed E-state index contributed by atoms with van der Waals surface area (Å²) in [6, 6.07) is 18.7. The first kappa shape index (κ1) is 13.9. The first-order chi connectivity index (χ1) is 9.13. The summed E-state index contributed by atoms with van der Waals surface area (Å²) in [6.45, 7) is 9.01. The zero-order valence-electron chi connectivity index (χ0n) is 12.4. The minimum atomic E-state index is 0.565. The van der Waals surface area contributed by atoms with Crippen LogP contribution in [0.1, 0.15) is 57.1 Å². The molecule has 2 aromatic rings. The standard InChI is InChI=1S/C19H23/c1-5-15(4)18-11-6-7-12-19(18)17-10-8-9-16(13-17)14(2)3/h6-11,13-15H,5H2,1-4H3. The molecule has 1 radical (unpaired) electrons. The fourth-order valence-corrected chi connectivity index (χ4v) is 2.38. The van der Waals surface area contributed by atoms with E-state index >= 15 is 0 Å². The van der Waals surface area contributed by atoms with Crippen molar-refractivity contribution in [2.75, 3.05) is 0 Å². The maximum atomic E-state index is 3.43. The molecule has 2 rings (SSSR count). The molecule has 0 heteroatoms. The van der Waals surface area contributed by atoms with Crippen molar-refractivity contribution in [1.29, 1.82) is 0 Å². The third-order valence-corrected chi connectivity index (χ3v) is 3.87. The molecule has 0 saturated carbocycles. The minimum Gasteiger partial charge on any atom is -0.0648 e. The third-order valence-electron chi connectivity index (χ3n) is 3.87. The Bertz CT molecular complexity index is 537. The van der Waals surface area contributed by atoms with Gasteiger partial charge in [0.25, 0.3) is 0 Å². The highest BCUT2D eigenvalue weighted by atomic mass is 14.1. The summed E-state index contributed by atoms with van der Waals surface area (Å²) < 4.78 is 0. The van der Waals surface area contributed by atoms with Crippen molar-refractivity contribution in [3.05, 3.63) is 59.7 Å². The zero-order chi connectivity index (χ0) is 13.8. The Balaban J connectivity index is 2.50. The molecule has 0 nitrogen and oxygen atoms in total. The van der Waals surface area contributed by atoms with Gasteiger partial charge < -0.3 is 0 Å². The molecule has 0 fully saturated rings. The second-order valence-electron chi connectivity index (χ2n) is 5.59. The van der Waals surface area contributed by atoms with E-state index in [2.05, 4.69) is 70.2 Å². The van der Waals surface area contributed by atoms with Gasteiger partial charge in [0.1, 0.15) is 0 Å². The van der Waals surface area contributed by atoms with Gasteiger partial charge in [-0.1, -0.05) is 70.2 Å². The smallest absolute Gasteiger partial charge is 0.00703 e. The third kappa shape index (κ3) is 3.07. The summed E-state index contributed by atoms with van der Waals surface area (Å²) >= 11 is 0. The Labute approximate surface area is 117 Å². The zero-order valence-corrected chi connectivity index (χ0v) is 12.4. The van der Waals surface area contributed by atoms with Crippen molar-refractivity contribution in [3.8, 4) is 11.1 Å². The normalized spacial score (nSPS) is 12.7. The lowest BCUT2D eigenvalue weighted by molar-refractivity contribution is 0.735. The van der Waals surface area contributed by atoms with Gasteiger partial charge in [0, 0.05) is 0 Å². The van der Waals surface area contributed by atoms with Crippen LogP contribution < -0.4 is 0 Å². The Kier molecular flexibility index (Phi) is 4.42. The van der Waals surface area contributed by atoms with Gasteiger partial charge in [0.15, 0.2) is 0 Å². The van der Waals surface area contributed by atoms with Gasteiger partial charge >= 0.3 is 0 Å². The average Bonchev–Trinajstić information content (AvgIpc) is 2.46. The van der Waals surface area contributed by atoms with Crippen molar-refractivity contribution < 1.29 is 0 Å². The highest BCUT2D eigenvalue weighted by molar-refractivity contribution is 5.68. The molecule has 0 aliphatic heterocycles. The fourth-order valence-electron chi connectivity index (χ4n) is 2.38. The van der Waals surface area contributed by atoms with E-state index in [-0.39, 0.29) is 0 Å². The summed E-state index contributed by atoms with van der Waals surface area (Å²) in [5.74, 6) is 1.14. The molecule has 1 unspecified atom stereocenters. The first-order valence-electron chi connectivity index (χ1n) is 7.24. The molecule has 0 N–H and O–H groups in total. The predicted molar refractivity (Wildman–Crippen MR) is 83.5 cm³/mol. The largest absolute Gasteiger partial charge is 0.0648 e. The highest BCUT2D eigenvalue weighted by Crippen LogP contribution is 2.31. The van der Waals surface area contributed by atoms with Crippen molar-refractivity contribution in [1.82, 2.24) is 0 Å². The van der Waals surface area contributed by atoms with Gasteiger partial charge in [-0.2, -0.15) is 0 Å². The average molecular weight is 251 g/mol. The summed E-state index contributed by atoms with van der Waals surface area (Å²) in [5, 5.41) is 0. The van der Waals surface area contributed by atoms with E-state index in [4.69, 9.17) is 0 Å². The van der Waals surface area contributed by atoms with E-state index in [0.717, 1.165) is 6.42 Å². The van der Waals surface area contributed by atoms with E-state index in [0.29, 0.717) is 11.8 Å². The molecule has 0 aliphatic rings. The molecule has 0 saturated heterocycles. The monoisotopic (exact) mass is 251 g/mol. The molecule has 0 spiro atoms. The van der Waals surface area contributed by atoms with Crippen LogP contribution in [0.5, 0.6) is 0 Å². The number of rotatable bonds is 4. The Morgan fingerprint density at radius 3 is 2.53 bits per heavy atom. The second kappa shape index (κ2) is 6.06. The molecular formula is C19H23. The lowest BCUT2D eigenvalue weighted by Crippen LogP contribution is -1.96. The van der Waals surface area contributed by atoms with E-state index in [1.54, 1.807) is 0 Å². The topological polar surface area (TPSA) is 0 Å². The Hall–Kier alpha value is -1.56. The second-order valence-corrected chi connectivity index (χ2v) is 5.59. The number of benzene rings is 2. The fraction of sp³-hybridized carbons (Fsp3) is 0.368. The van der Waals surface area contributed by atoms with Crippen LogP contribution in [0, 0.1) is 6.07 Å². The molecule has 19 heavy (non-hydrogen) atoms. The molecule has 0 bridgehead atoms. The van der Waals surface area contributed by atoms with E-state index in [9.17, 15) is 0 Å². The Morgan fingerprint density at radius 1 is 1.05 bits per heavy atom. The molecule has 2 aromatic carbocycles. The van der Waals surface area contributed by atoms with Crippen LogP contribution >= 0.6 is 0 Å². The van der Waals surface area contributed by atoms with Crippen molar-refractivity contribution in [2.24, 2.45) is 0 Å². The van der Waals surface area contributed by atoms with E-state index in [1.165, 1.54) is 22.3 Å². The lowest BCUT2D eigenvalue weighted by Gasteiger charge is -2.16. The maximum absolute atomic E-state index is 3.43. The van der Waals surface area contributed by atoms with Gasteiger partial charge in [0.05, 0.1) is 0 Å². The molecule has 99 valence electrons. The van der Waals surface area contributed by atoms with Gasteiger partial charge in [-0.15, -0.1) is 0 Å². The van der Waals surface area contributed by atoms with Crippen molar-refractivity contribution >= 4 is 0 Å². The van der Waals surface area contributed by atoms with Crippen LogP contribution in [-0.2, 0) is 0 Å². The SMILES string of the molecule is CCC(C)c1ccc[c]c1-c1cccc(C(C)C)c1. The van der Waals surface area contributed by atoms with Crippen LogP contribution in [0.3, 0.4) is 0 Å². The lowest BCUT2D eigenvalue weighted by atomic mass is 9.89.